The van der Waals surface area contributed by atoms with Crippen molar-refractivity contribution >= 4 is 25.9 Å². The van der Waals surface area contributed by atoms with Crippen molar-refractivity contribution < 1.29 is 13.2 Å². The molecule has 0 spiro atoms. The summed E-state index contributed by atoms with van der Waals surface area (Å²) in [6.07, 6.45) is 0. The van der Waals surface area contributed by atoms with Crippen LogP contribution in [0.4, 0.5) is 0 Å². The predicted octanol–water partition coefficient (Wildman–Crippen LogP) is 1.21. The van der Waals surface area contributed by atoms with Gasteiger partial charge in [-0.1, -0.05) is 30.3 Å². The van der Waals surface area contributed by atoms with E-state index in [1.54, 1.807) is 18.2 Å². The van der Waals surface area contributed by atoms with E-state index in [1.165, 1.54) is 4.31 Å². The summed E-state index contributed by atoms with van der Waals surface area (Å²) in [4.78, 5) is 12.4. The molecule has 1 aliphatic rings. The van der Waals surface area contributed by atoms with Gasteiger partial charge in [-0.15, -0.1) is 0 Å². The van der Waals surface area contributed by atoms with E-state index in [0.717, 1.165) is 10.8 Å². The van der Waals surface area contributed by atoms with Gasteiger partial charge in [-0.2, -0.15) is 4.31 Å². The molecule has 5 nitrogen and oxygen atoms in total. The van der Waals surface area contributed by atoms with Crippen molar-refractivity contribution in [2.24, 2.45) is 0 Å². The molecule has 2 aromatic carbocycles. The van der Waals surface area contributed by atoms with E-state index in [1.807, 2.05) is 24.3 Å². The van der Waals surface area contributed by atoms with Crippen LogP contribution in [0.15, 0.2) is 42.5 Å². The third kappa shape index (κ3) is 2.70. The molecule has 1 fully saturated rings. The van der Waals surface area contributed by atoms with Crippen molar-refractivity contribution in [1.29, 1.82) is 0 Å². The van der Waals surface area contributed by atoms with Crippen LogP contribution in [-0.4, -0.2) is 44.0 Å². The highest BCUT2D eigenvalue weighted by atomic mass is 32.2. The summed E-state index contributed by atoms with van der Waals surface area (Å²) < 4.78 is 26.0. The number of nitrogens with zero attached hydrogens (tertiary/aromatic N) is 1. The molecule has 0 saturated carbocycles. The third-order valence-electron chi connectivity index (χ3n) is 3.64. The first-order valence-electron chi connectivity index (χ1n) is 6.83. The Labute approximate surface area is 123 Å². The molecular formula is C15H16N2O3S. The molecule has 0 unspecified atom stereocenters. The van der Waals surface area contributed by atoms with Crippen LogP contribution in [0, 0.1) is 0 Å². The second-order valence-corrected chi connectivity index (χ2v) is 6.84. The molecule has 1 aliphatic heterocycles. The minimum atomic E-state index is -3.93. The Balaban J connectivity index is 1.95. The second kappa shape index (κ2) is 5.55. The van der Waals surface area contributed by atoms with Crippen molar-refractivity contribution in [3.8, 4) is 0 Å². The highest BCUT2D eigenvalue weighted by Gasteiger charge is 2.32. The summed E-state index contributed by atoms with van der Waals surface area (Å²) in [7, 11) is -3.93. The first-order chi connectivity index (χ1) is 10.1. The van der Waals surface area contributed by atoms with E-state index >= 15 is 0 Å². The molecule has 21 heavy (non-hydrogen) atoms. The fourth-order valence-corrected chi connectivity index (χ4v) is 3.79. The zero-order valence-corrected chi connectivity index (χ0v) is 12.3. The summed E-state index contributed by atoms with van der Waals surface area (Å²) in [5.74, 6) is 0. The Morgan fingerprint density at radius 3 is 2.38 bits per heavy atom. The number of hydrogen-bond acceptors (Lipinski definition) is 4. The molecule has 0 aliphatic carbocycles. The van der Waals surface area contributed by atoms with Crippen molar-refractivity contribution in [2.45, 2.75) is 0 Å². The first kappa shape index (κ1) is 14.2. The maximum Gasteiger partial charge on any atom is 0.291 e. The maximum absolute atomic E-state index is 12.4. The molecule has 0 amide bonds. The van der Waals surface area contributed by atoms with Crippen molar-refractivity contribution in [3.63, 3.8) is 0 Å². The van der Waals surface area contributed by atoms with Gasteiger partial charge >= 0.3 is 0 Å². The van der Waals surface area contributed by atoms with Gasteiger partial charge in [0.05, 0.1) is 0 Å². The minimum absolute atomic E-state index is 0.215. The Morgan fingerprint density at radius 1 is 1.00 bits per heavy atom. The number of rotatable bonds is 2. The molecule has 6 heteroatoms. The molecule has 0 aromatic heterocycles. The number of sulfonamides is 1. The van der Waals surface area contributed by atoms with Gasteiger partial charge in [-0.05, 0) is 22.9 Å². The van der Waals surface area contributed by atoms with E-state index in [-0.39, 0.29) is 5.56 Å². The van der Waals surface area contributed by atoms with Gasteiger partial charge in [-0.25, -0.2) is 8.42 Å². The predicted molar refractivity (Wildman–Crippen MR) is 81.6 cm³/mol. The van der Waals surface area contributed by atoms with Crippen molar-refractivity contribution in [3.05, 3.63) is 48.0 Å². The third-order valence-corrected chi connectivity index (χ3v) is 5.38. The molecule has 1 N–H and O–H groups in total. The summed E-state index contributed by atoms with van der Waals surface area (Å²) >= 11 is 0. The van der Waals surface area contributed by atoms with Gasteiger partial charge in [0.25, 0.3) is 15.1 Å². The van der Waals surface area contributed by atoms with Gasteiger partial charge < -0.3 is 5.32 Å². The molecule has 1 heterocycles. The monoisotopic (exact) mass is 304 g/mol. The van der Waals surface area contributed by atoms with Crippen LogP contribution in [0.3, 0.4) is 0 Å². The number of carbonyl (C=O) groups excluding carboxylic acids is 1. The SMILES string of the molecule is O=C(c1ccc2ccccc2c1)S(=O)(=O)N1CCNCC1. The molecule has 0 atom stereocenters. The fraction of sp³-hybridized carbons (Fsp3) is 0.267. The lowest BCUT2D eigenvalue weighted by atomic mass is 10.1. The maximum atomic E-state index is 12.4. The smallest absolute Gasteiger partial charge is 0.291 e. The molecule has 0 bridgehead atoms. The number of nitrogens with one attached hydrogen (secondary N) is 1. The first-order valence-corrected chi connectivity index (χ1v) is 8.27. The molecule has 110 valence electrons. The van der Waals surface area contributed by atoms with Crippen LogP contribution in [0.2, 0.25) is 0 Å². The van der Waals surface area contributed by atoms with Crippen LogP contribution in [-0.2, 0) is 10.0 Å². The Hall–Kier alpha value is -1.76. The molecule has 1 saturated heterocycles. The standard InChI is InChI=1S/C15H16N2O3S/c18-15(21(19,20)17-9-7-16-8-10-17)14-6-5-12-3-1-2-4-13(12)11-14/h1-6,11,16H,7-10H2. The zero-order chi connectivity index (χ0) is 14.9. The van der Waals surface area contributed by atoms with Crippen molar-refractivity contribution in [1.82, 2.24) is 9.62 Å². The van der Waals surface area contributed by atoms with Crippen LogP contribution in [0.1, 0.15) is 10.4 Å². The van der Waals surface area contributed by atoms with Crippen molar-refractivity contribution in [2.75, 3.05) is 26.2 Å². The average molecular weight is 304 g/mol. The number of benzene rings is 2. The summed E-state index contributed by atoms with van der Waals surface area (Å²) in [5.41, 5.74) is 0.215. The van der Waals surface area contributed by atoms with Crippen LogP contribution >= 0.6 is 0 Å². The normalized spacial score (nSPS) is 17.0. The molecular weight excluding hydrogens is 288 g/mol. The van der Waals surface area contributed by atoms with Crippen LogP contribution in [0.25, 0.3) is 10.8 Å². The molecule has 0 radical (unpaired) electrons. The van der Waals surface area contributed by atoms with Gasteiger partial charge in [0.15, 0.2) is 0 Å². The molecule has 2 aromatic rings. The summed E-state index contributed by atoms with van der Waals surface area (Å²) in [6.45, 7) is 1.82. The highest BCUT2D eigenvalue weighted by molar-refractivity contribution is 8.04. The lowest BCUT2D eigenvalue weighted by Crippen LogP contribution is -2.48. The largest absolute Gasteiger partial charge is 0.314 e. The number of fused-ring (bicyclic) bond motifs is 1. The van der Waals surface area contributed by atoms with E-state index in [9.17, 15) is 13.2 Å². The van der Waals surface area contributed by atoms with E-state index in [4.69, 9.17) is 0 Å². The Bertz CT molecular complexity index is 780. The average Bonchev–Trinajstić information content (AvgIpc) is 2.54. The second-order valence-electron chi connectivity index (χ2n) is 5.00. The van der Waals surface area contributed by atoms with Gasteiger partial charge in [0, 0.05) is 31.7 Å². The topological polar surface area (TPSA) is 66.5 Å². The lowest BCUT2D eigenvalue weighted by Gasteiger charge is -2.25. The minimum Gasteiger partial charge on any atom is -0.314 e. The number of carbonyl (C=O) groups is 1. The lowest BCUT2D eigenvalue weighted by molar-refractivity contribution is 0.106. The Kier molecular flexibility index (Phi) is 3.75. The van der Waals surface area contributed by atoms with E-state index in [2.05, 4.69) is 5.32 Å². The summed E-state index contributed by atoms with van der Waals surface area (Å²) in [5, 5.41) is 4.09. The quantitative estimate of drug-likeness (QED) is 0.906. The zero-order valence-electron chi connectivity index (χ0n) is 11.5. The van der Waals surface area contributed by atoms with E-state index in [0.29, 0.717) is 26.2 Å². The van der Waals surface area contributed by atoms with Crippen LogP contribution in [0.5, 0.6) is 0 Å². The van der Waals surface area contributed by atoms with Gasteiger partial charge in [-0.3, -0.25) is 4.79 Å². The van der Waals surface area contributed by atoms with Gasteiger partial charge in [0.1, 0.15) is 0 Å². The Morgan fingerprint density at radius 2 is 1.67 bits per heavy atom. The van der Waals surface area contributed by atoms with E-state index < -0.39 is 15.1 Å². The number of hydrogen-bond donors (Lipinski definition) is 1. The summed E-state index contributed by atoms with van der Waals surface area (Å²) in [6, 6.07) is 12.5. The van der Waals surface area contributed by atoms with Gasteiger partial charge in [0.2, 0.25) is 0 Å². The highest BCUT2D eigenvalue weighted by Crippen LogP contribution is 2.18. The van der Waals surface area contributed by atoms with Crippen LogP contribution < -0.4 is 5.32 Å². The molecule has 3 rings (SSSR count). The number of piperazine rings is 1. The fourth-order valence-electron chi connectivity index (χ4n) is 2.47.